The van der Waals surface area contributed by atoms with E-state index in [1.165, 1.54) is 0 Å². The molecule has 0 spiro atoms. The minimum absolute atomic E-state index is 0.327. The van der Waals surface area contributed by atoms with Gasteiger partial charge in [0.2, 0.25) is 0 Å². The van der Waals surface area contributed by atoms with Crippen LogP contribution in [-0.4, -0.2) is 20.4 Å². The normalized spacial score (nSPS) is 11.5. The minimum Gasteiger partial charge on any atom is -0.397 e. The van der Waals surface area contributed by atoms with Crippen LogP contribution in [0.3, 0.4) is 0 Å². The van der Waals surface area contributed by atoms with Crippen LogP contribution in [0.2, 0.25) is 0 Å². The highest BCUT2D eigenvalue weighted by Gasteiger charge is 2.18. The Bertz CT molecular complexity index is 522. The Morgan fingerprint density at radius 2 is 1.93 bits per heavy atom. The molecule has 0 bridgehead atoms. The van der Waals surface area contributed by atoms with Crippen molar-refractivity contribution in [2.45, 2.75) is 20.1 Å². The first-order valence-electron chi connectivity index (χ1n) is 4.40. The quantitative estimate of drug-likeness (QED) is 0.626. The molecule has 0 saturated heterocycles. The lowest BCUT2D eigenvalue weighted by Crippen LogP contribution is -1.97. The van der Waals surface area contributed by atoms with Crippen molar-refractivity contribution in [3.8, 4) is 0 Å². The van der Waals surface area contributed by atoms with Gasteiger partial charge in [0.15, 0.2) is 6.29 Å². The number of aliphatic hydroxyl groups is 2. The van der Waals surface area contributed by atoms with Crippen LogP contribution in [0, 0.1) is 13.8 Å². The van der Waals surface area contributed by atoms with Crippen molar-refractivity contribution in [2.75, 3.05) is 5.73 Å². The number of nitrogens with two attached hydrogens (primary N) is 1. The van der Waals surface area contributed by atoms with Crippen molar-refractivity contribution < 1.29 is 10.2 Å². The van der Waals surface area contributed by atoms with Crippen LogP contribution >= 0.6 is 11.3 Å². The molecule has 0 aliphatic carbocycles. The Hall–Kier alpha value is -1.24. The van der Waals surface area contributed by atoms with Crippen LogP contribution < -0.4 is 5.73 Å². The fraction of sp³-hybridized carbons (Fsp3) is 0.333. The van der Waals surface area contributed by atoms with Crippen molar-refractivity contribution >= 4 is 27.2 Å². The number of aryl methyl sites for hydroxylation is 2. The minimum atomic E-state index is -1.55. The van der Waals surface area contributed by atoms with E-state index in [4.69, 9.17) is 15.9 Å². The average Bonchev–Trinajstić information content (AvgIpc) is 2.50. The van der Waals surface area contributed by atoms with Gasteiger partial charge in [0.1, 0.15) is 4.83 Å². The molecule has 2 aromatic heterocycles. The molecule has 0 aromatic carbocycles. The molecule has 2 rings (SSSR count). The van der Waals surface area contributed by atoms with Gasteiger partial charge in [-0.1, -0.05) is 0 Å². The molecule has 2 heterocycles. The van der Waals surface area contributed by atoms with Gasteiger partial charge in [-0.05, 0) is 19.4 Å². The van der Waals surface area contributed by atoms with E-state index in [0.29, 0.717) is 15.4 Å². The summed E-state index contributed by atoms with van der Waals surface area (Å²) >= 11 is 1.16. The van der Waals surface area contributed by atoms with Crippen LogP contribution in [0.4, 0.5) is 5.69 Å². The topological polar surface area (TPSA) is 92.3 Å². The first-order chi connectivity index (χ1) is 7.02. The molecule has 4 N–H and O–H groups in total. The Labute approximate surface area is 90.2 Å². The van der Waals surface area contributed by atoms with Crippen LogP contribution in [0.1, 0.15) is 22.4 Å². The molecule has 5 nitrogen and oxygen atoms in total. The van der Waals surface area contributed by atoms with Gasteiger partial charge in [0, 0.05) is 5.39 Å². The molecule has 15 heavy (non-hydrogen) atoms. The summed E-state index contributed by atoms with van der Waals surface area (Å²) in [6.45, 7) is 3.73. The fourth-order valence-electron chi connectivity index (χ4n) is 1.45. The lowest BCUT2D eigenvalue weighted by Gasteiger charge is -2.02. The predicted molar refractivity (Wildman–Crippen MR) is 58.5 cm³/mol. The van der Waals surface area contributed by atoms with Gasteiger partial charge in [-0.15, -0.1) is 16.4 Å². The lowest BCUT2D eigenvalue weighted by atomic mass is 10.1. The number of hydrogen-bond acceptors (Lipinski definition) is 6. The van der Waals surface area contributed by atoms with Crippen molar-refractivity contribution in [1.29, 1.82) is 0 Å². The van der Waals surface area contributed by atoms with E-state index < -0.39 is 6.29 Å². The molecule has 2 aromatic rings. The molecule has 0 unspecified atom stereocenters. The Balaban J connectivity index is 2.83. The third-order valence-corrected chi connectivity index (χ3v) is 3.53. The monoisotopic (exact) mass is 225 g/mol. The molecule has 0 aliphatic heterocycles. The highest BCUT2D eigenvalue weighted by molar-refractivity contribution is 7.19. The zero-order valence-corrected chi connectivity index (χ0v) is 9.17. The van der Waals surface area contributed by atoms with Crippen LogP contribution in [-0.2, 0) is 0 Å². The largest absolute Gasteiger partial charge is 0.397 e. The summed E-state index contributed by atoms with van der Waals surface area (Å²) in [6, 6.07) is 0. The molecule has 0 saturated carbocycles. The van der Waals surface area contributed by atoms with E-state index in [0.717, 1.165) is 28.0 Å². The van der Waals surface area contributed by atoms with Crippen LogP contribution in [0.5, 0.6) is 0 Å². The predicted octanol–water partition coefficient (Wildman–Crippen LogP) is 0.874. The summed E-state index contributed by atoms with van der Waals surface area (Å²) in [5.41, 5.74) is 7.95. The van der Waals surface area contributed by atoms with Gasteiger partial charge in [-0.25, -0.2) is 0 Å². The van der Waals surface area contributed by atoms with Gasteiger partial charge in [0.25, 0.3) is 0 Å². The maximum absolute atomic E-state index is 9.10. The zero-order chi connectivity index (χ0) is 11.2. The maximum Gasteiger partial charge on any atom is 0.190 e. The number of aliphatic hydroxyl groups excluding tert-OH is 1. The Kier molecular flexibility index (Phi) is 2.34. The van der Waals surface area contributed by atoms with E-state index in [9.17, 15) is 0 Å². The number of aromatic nitrogens is 2. The standard InChI is InChI=1S/C9H11N3O2S/c1-3-4(2)11-12-8-5(3)6(10)7(15-8)9(13)14/h9,13-14H,10H2,1-2H3. The first kappa shape index (κ1) is 10.3. The second-order valence-corrected chi connectivity index (χ2v) is 4.37. The van der Waals surface area contributed by atoms with Gasteiger partial charge in [0.05, 0.1) is 16.3 Å². The summed E-state index contributed by atoms with van der Waals surface area (Å²) in [4.78, 5) is 0.965. The van der Waals surface area contributed by atoms with Crippen molar-refractivity contribution in [3.63, 3.8) is 0 Å². The van der Waals surface area contributed by atoms with Gasteiger partial charge in [-0.3, -0.25) is 0 Å². The number of anilines is 1. The molecule has 0 atom stereocenters. The number of thiophene rings is 1. The van der Waals surface area contributed by atoms with E-state index in [1.807, 2.05) is 13.8 Å². The Morgan fingerprint density at radius 3 is 2.53 bits per heavy atom. The molecular formula is C9H11N3O2S. The van der Waals surface area contributed by atoms with Gasteiger partial charge >= 0.3 is 0 Å². The molecule has 0 amide bonds. The molecule has 0 aliphatic rings. The summed E-state index contributed by atoms with van der Waals surface area (Å²) in [5, 5.41) is 26.9. The summed E-state index contributed by atoms with van der Waals surface area (Å²) in [5.74, 6) is 0. The first-order valence-corrected chi connectivity index (χ1v) is 5.22. The molecule has 0 radical (unpaired) electrons. The second-order valence-electron chi connectivity index (χ2n) is 3.34. The SMILES string of the molecule is Cc1nnc2sc(C(O)O)c(N)c2c1C. The molecule has 80 valence electrons. The molecule has 0 fully saturated rings. The van der Waals surface area contributed by atoms with Gasteiger partial charge < -0.3 is 15.9 Å². The lowest BCUT2D eigenvalue weighted by molar-refractivity contribution is -0.0389. The highest BCUT2D eigenvalue weighted by Crippen LogP contribution is 2.37. The average molecular weight is 225 g/mol. The maximum atomic E-state index is 9.10. The Morgan fingerprint density at radius 1 is 1.27 bits per heavy atom. The van der Waals surface area contributed by atoms with Crippen LogP contribution in [0.25, 0.3) is 10.2 Å². The molecule has 6 heteroatoms. The van der Waals surface area contributed by atoms with E-state index in [-0.39, 0.29) is 0 Å². The number of nitrogens with zero attached hydrogens (tertiary/aromatic N) is 2. The number of hydrogen-bond donors (Lipinski definition) is 3. The van der Waals surface area contributed by atoms with Gasteiger partial charge in [-0.2, -0.15) is 5.10 Å². The second kappa shape index (κ2) is 3.41. The third-order valence-electron chi connectivity index (χ3n) is 2.40. The highest BCUT2D eigenvalue weighted by atomic mass is 32.1. The fourth-order valence-corrected chi connectivity index (χ4v) is 2.42. The van der Waals surface area contributed by atoms with E-state index >= 15 is 0 Å². The van der Waals surface area contributed by atoms with Crippen molar-refractivity contribution in [3.05, 3.63) is 16.1 Å². The summed E-state index contributed by atoms with van der Waals surface area (Å²) < 4.78 is 0. The van der Waals surface area contributed by atoms with Crippen molar-refractivity contribution in [1.82, 2.24) is 10.2 Å². The summed E-state index contributed by atoms with van der Waals surface area (Å²) in [6.07, 6.45) is -1.55. The smallest absolute Gasteiger partial charge is 0.190 e. The van der Waals surface area contributed by atoms with Crippen molar-refractivity contribution in [2.24, 2.45) is 0 Å². The van der Waals surface area contributed by atoms with E-state index in [1.54, 1.807) is 0 Å². The molecular weight excluding hydrogens is 214 g/mol. The number of nitrogen functional groups attached to an aromatic ring is 1. The number of fused-ring (bicyclic) bond motifs is 1. The van der Waals surface area contributed by atoms with Crippen LogP contribution in [0.15, 0.2) is 0 Å². The number of rotatable bonds is 1. The van der Waals surface area contributed by atoms with E-state index in [2.05, 4.69) is 10.2 Å². The summed E-state index contributed by atoms with van der Waals surface area (Å²) in [7, 11) is 0. The zero-order valence-electron chi connectivity index (χ0n) is 8.35. The third kappa shape index (κ3) is 1.46.